The lowest BCUT2D eigenvalue weighted by molar-refractivity contribution is -0.144. The fourth-order valence-corrected chi connectivity index (χ4v) is 1.68. The van der Waals surface area contributed by atoms with Gasteiger partial charge in [-0.1, -0.05) is 18.2 Å². The van der Waals surface area contributed by atoms with Crippen LogP contribution in [-0.2, 0) is 20.5 Å². The quantitative estimate of drug-likeness (QED) is 0.430. The van der Waals surface area contributed by atoms with Crippen LogP contribution in [0.5, 0.6) is 0 Å². The van der Waals surface area contributed by atoms with Crippen LogP contribution in [0.15, 0.2) is 36.9 Å². The highest BCUT2D eigenvalue weighted by Crippen LogP contribution is 2.30. The first-order valence-electron chi connectivity index (χ1n) is 6.70. The summed E-state index contributed by atoms with van der Waals surface area (Å²) in [6.07, 6.45) is -5.53. The van der Waals surface area contributed by atoms with Gasteiger partial charge >= 0.3 is 12.1 Å². The van der Waals surface area contributed by atoms with Gasteiger partial charge in [0.05, 0.1) is 18.8 Å². The van der Waals surface area contributed by atoms with Gasteiger partial charge in [-0.3, -0.25) is 4.79 Å². The number of carbonyl (C=O) groups excluding carboxylic acids is 1. The van der Waals surface area contributed by atoms with Gasteiger partial charge in [0.1, 0.15) is 0 Å². The molecule has 24 heavy (non-hydrogen) atoms. The Hall–Kier alpha value is -2.42. The largest absolute Gasteiger partial charge is 0.480 e. The SMILES string of the molecule is C=CCOCC(NC(=O)C(F)c1ccc(C(F)(F)F)cc1)C(=O)O. The summed E-state index contributed by atoms with van der Waals surface area (Å²) in [5.41, 5.74) is -1.31. The Kier molecular flexibility index (Phi) is 6.90. The molecule has 2 atom stereocenters. The molecule has 0 fully saturated rings. The summed E-state index contributed by atoms with van der Waals surface area (Å²) in [5, 5.41) is 10.9. The predicted octanol–water partition coefficient (Wildman–Crippen LogP) is 2.49. The van der Waals surface area contributed by atoms with Gasteiger partial charge in [-0.05, 0) is 17.7 Å². The number of carboxylic acids is 1. The minimum Gasteiger partial charge on any atom is -0.480 e. The molecule has 0 aliphatic heterocycles. The molecule has 1 rings (SSSR count). The van der Waals surface area contributed by atoms with Crippen molar-refractivity contribution in [1.82, 2.24) is 5.32 Å². The average molecular weight is 349 g/mol. The van der Waals surface area contributed by atoms with Crippen molar-refractivity contribution >= 4 is 11.9 Å². The van der Waals surface area contributed by atoms with Crippen LogP contribution in [-0.4, -0.2) is 36.2 Å². The first kappa shape index (κ1) is 19.6. The Bertz CT molecular complexity index is 586. The van der Waals surface area contributed by atoms with E-state index in [-0.39, 0.29) is 12.2 Å². The molecule has 0 heterocycles. The van der Waals surface area contributed by atoms with E-state index in [0.29, 0.717) is 12.1 Å². The van der Waals surface area contributed by atoms with Crippen LogP contribution in [0.25, 0.3) is 0 Å². The van der Waals surface area contributed by atoms with E-state index in [0.717, 1.165) is 12.1 Å². The fourth-order valence-electron chi connectivity index (χ4n) is 1.68. The number of ether oxygens (including phenoxy) is 1. The standard InChI is InChI=1S/C15H15F4NO4/c1-2-7-24-8-11(14(22)23)20-13(21)12(16)9-3-5-10(6-4-9)15(17,18)19/h2-6,11-12H,1,7-8H2,(H,20,21)(H,22,23). The van der Waals surface area contributed by atoms with Gasteiger partial charge in [-0.25, -0.2) is 9.18 Å². The molecular weight excluding hydrogens is 334 g/mol. The van der Waals surface area contributed by atoms with Crippen molar-refractivity contribution in [3.63, 3.8) is 0 Å². The number of hydrogen-bond acceptors (Lipinski definition) is 3. The molecule has 0 saturated heterocycles. The Morgan fingerprint density at radius 3 is 2.33 bits per heavy atom. The highest BCUT2D eigenvalue weighted by Gasteiger charge is 2.31. The molecule has 2 unspecified atom stereocenters. The molecule has 0 aliphatic carbocycles. The molecule has 132 valence electrons. The van der Waals surface area contributed by atoms with Gasteiger partial charge in [0.15, 0.2) is 6.04 Å². The van der Waals surface area contributed by atoms with Crippen molar-refractivity contribution in [1.29, 1.82) is 0 Å². The van der Waals surface area contributed by atoms with E-state index in [1.165, 1.54) is 6.08 Å². The molecule has 0 spiro atoms. The molecule has 0 radical (unpaired) electrons. The van der Waals surface area contributed by atoms with E-state index in [2.05, 4.69) is 6.58 Å². The molecule has 1 aromatic rings. The Balaban J connectivity index is 2.75. The predicted molar refractivity (Wildman–Crippen MR) is 75.9 cm³/mol. The van der Waals surface area contributed by atoms with E-state index >= 15 is 0 Å². The summed E-state index contributed by atoms with van der Waals surface area (Å²) >= 11 is 0. The van der Waals surface area contributed by atoms with Crippen LogP contribution < -0.4 is 5.32 Å². The molecular formula is C15H15F4NO4. The highest BCUT2D eigenvalue weighted by atomic mass is 19.4. The summed E-state index contributed by atoms with van der Waals surface area (Å²) < 4.78 is 56.2. The summed E-state index contributed by atoms with van der Waals surface area (Å²) in [6, 6.07) is 1.41. The second-order valence-corrected chi connectivity index (χ2v) is 4.71. The molecule has 0 aromatic heterocycles. The van der Waals surface area contributed by atoms with Crippen molar-refractivity contribution in [2.45, 2.75) is 18.4 Å². The van der Waals surface area contributed by atoms with Crippen molar-refractivity contribution < 1.29 is 37.0 Å². The lowest BCUT2D eigenvalue weighted by atomic mass is 10.1. The molecule has 0 bridgehead atoms. The van der Waals surface area contributed by atoms with Crippen molar-refractivity contribution in [2.75, 3.05) is 13.2 Å². The van der Waals surface area contributed by atoms with Gasteiger partial charge in [-0.15, -0.1) is 6.58 Å². The van der Waals surface area contributed by atoms with Crippen LogP contribution >= 0.6 is 0 Å². The number of alkyl halides is 4. The maximum Gasteiger partial charge on any atom is 0.416 e. The minimum atomic E-state index is -4.58. The fraction of sp³-hybridized carbons (Fsp3) is 0.333. The summed E-state index contributed by atoms with van der Waals surface area (Å²) in [4.78, 5) is 22.7. The highest BCUT2D eigenvalue weighted by molar-refractivity contribution is 5.87. The second kappa shape index (κ2) is 8.44. The van der Waals surface area contributed by atoms with Crippen molar-refractivity contribution in [2.24, 2.45) is 0 Å². The lowest BCUT2D eigenvalue weighted by Gasteiger charge is -2.16. The zero-order valence-corrected chi connectivity index (χ0v) is 12.3. The monoisotopic (exact) mass is 349 g/mol. The average Bonchev–Trinajstić information content (AvgIpc) is 2.52. The van der Waals surface area contributed by atoms with E-state index in [1.807, 2.05) is 5.32 Å². The normalized spacial score (nSPS) is 13.8. The maximum atomic E-state index is 14.0. The molecule has 1 amide bonds. The van der Waals surface area contributed by atoms with Crippen molar-refractivity contribution in [3.8, 4) is 0 Å². The summed E-state index contributed by atoms with van der Waals surface area (Å²) in [7, 11) is 0. The Morgan fingerprint density at radius 2 is 1.88 bits per heavy atom. The maximum absolute atomic E-state index is 14.0. The minimum absolute atomic E-state index is 0.0393. The summed E-state index contributed by atoms with van der Waals surface area (Å²) in [6.45, 7) is 2.99. The first-order valence-corrected chi connectivity index (χ1v) is 6.70. The van der Waals surface area contributed by atoms with E-state index in [1.54, 1.807) is 0 Å². The van der Waals surface area contributed by atoms with Crippen molar-refractivity contribution in [3.05, 3.63) is 48.0 Å². The van der Waals surface area contributed by atoms with Crippen LogP contribution in [0.2, 0.25) is 0 Å². The smallest absolute Gasteiger partial charge is 0.416 e. The molecule has 5 nitrogen and oxygen atoms in total. The first-order chi connectivity index (χ1) is 11.2. The number of carboxylic acid groups (broad SMARTS) is 1. The van der Waals surface area contributed by atoms with E-state index < -0.39 is 42.4 Å². The third-order valence-electron chi connectivity index (χ3n) is 2.90. The molecule has 2 N–H and O–H groups in total. The number of amides is 1. The van der Waals surface area contributed by atoms with Gasteiger partial charge in [0.2, 0.25) is 6.17 Å². The van der Waals surface area contributed by atoms with E-state index in [4.69, 9.17) is 9.84 Å². The van der Waals surface area contributed by atoms with Gasteiger partial charge in [0.25, 0.3) is 5.91 Å². The zero-order valence-electron chi connectivity index (χ0n) is 12.3. The van der Waals surface area contributed by atoms with Crippen LogP contribution in [0.4, 0.5) is 17.6 Å². The molecule has 1 aromatic carbocycles. The third-order valence-corrected chi connectivity index (χ3v) is 2.90. The Morgan fingerprint density at radius 1 is 1.29 bits per heavy atom. The van der Waals surface area contributed by atoms with Crippen LogP contribution in [0, 0.1) is 0 Å². The Labute approximate surface area is 134 Å². The molecule has 0 saturated carbocycles. The van der Waals surface area contributed by atoms with Gasteiger partial charge in [0, 0.05) is 0 Å². The van der Waals surface area contributed by atoms with Crippen LogP contribution in [0.3, 0.4) is 0 Å². The van der Waals surface area contributed by atoms with Gasteiger partial charge in [-0.2, -0.15) is 13.2 Å². The number of aliphatic carboxylic acids is 1. The molecule has 0 aliphatic rings. The number of carbonyl (C=O) groups is 2. The number of rotatable bonds is 8. The van der Waals surface area contributed by atoms with Gasteiger partial charge < -0.3 is 15.2 Å². The number of halogens is 4. The molecule has 9 heteroatoms. The second-order valence-electron chi connectivity index (χ2n) is 4.71. The summed E-state index contributed by atoms with van der Waals surface area (Å²) in [5.74, 6) is -2.73. The van der Waals surface area contributed by atoms with Crippen LogP contribution in [0.1, 0.15) is 17.3 Å². The van der Waals surface area contributed by atoms with E-state index in [9.17, 15) is 27.2 Å². The topological polar surface area (TPSA) is 75.6 Å². The number of hydrogen-bond donors (Lipinski definition) is 2. The number of benzene rings is 1. The number of nitrogens with one attached hydrogen (secondary N) is 1. The zero-order chi connectivity index (χ0) is 18.3. The lowest BCUT2D eigenvalue weighted by Crippen LogP contribution is -2.45. The third kappa shape index (κ3) is 5.65.